The lowest BCUT2D eigenvalue weighted by atomic mass is 9.89. The molecule has 2 unspecified atom stereocenters. The summed E-state index contributed by atoms with van der Waals surface area (Å²) < 4.78 is 12.5. The van der Waals surface area contributed by atoms with Crippen molar-refractivity contribution in [3.63, 3.8) is 0 Å². The number of carboxylic acid groups (broad SMARTS) is 2. The van der Waals surface area contributed by atoms with Crippen LogP contribution in [0.2, 0.25) is 0 Å². The molecule has 0 aromatic heterocycles. The van der Waals surface area contributed by atoms with Crippen LogP contribution in [0.15, 0.2) is 30.3 Å². The van der Waals surface area contributed by atoms with Gasteiger partial charge in [-0.05, 0) is 17.9 Å². The third kappa shape index (κ3) is 6.55. The Labute approximate surface area is 135 Å². The van der Waals surface area contributed by atoms with Gasteiger partial charge < -0.3 is 15.1 Å². The Kier molecular flexibility index (Phi) is 7.46. The predicted molar refractivity (Wildman–Crippen MR) is 86.6 cm³/mol. The van der Waals surface area contributed by atoms with Gasteiger partial charge in [0.05, 0.1) is 0 Å². The molecule has 0 saturated heterocycles. The molecular weight excluding hydrogens is 319 g/mol. The highest BCUT2D eigenvalue weighted by atomic mass is 31.2. The lowest BCUT2D eigenvalue weighted by Gasteiger charge is -2.23. The van der Waals surface area contributed by atoms with Crippen molar-refractivity contribution in [3.05, 3.63) is 35.9 Å². The summed E-state index contributed by atoms with van der Waals surface area (Å²) in [4.78, 5) is 32.7. The first-order valence-electron chi connectivity index (χ1n) is 7.57. The molecule has 2 atom stereocenters. The minimum atomic E-state index is -3.67. The van der Waals surface area contributed by atoms with Gasteiger partial charge in [-0.1, -0.05) is 50.1 Å². The van der Waals surface area contributed by atoms with Crippen molar-refractivity contribution < 1.29 is 29.3 Å². The highest BCUT2D eigenvalue weighted by Gasteiger charge is 2.38. The van der Waals surface area contributed by atoms with Crippen molar-refractivity contribution in [2.24, 2.45) is 11.8 Å². The average Bonchev–Trinajstić information content (AvgIpc) is 2.44. The smallest absolute Gasteiger partial charge is 0.318 e. The fourth-order valence-corrected chi connectivity index (χ4v) is 4.68. The van der Waals surface area contributed by atoms with Crippen LogP contribution < -0.4 is 0 Å². The molecule has 0 fully saturated rings. The number of rotatable bonds is 10. The van der Waals surface area contributed by atoms with E-state index in [4.69, 9.17) is 10.2 Å². The van der Waals surface area contributed by atoms with Crippen LogP contribution in [0, 0.1) is 11.8 Å². The molecule has 0 radical (unpaired) electrons. The van der Waals surface area contributed by atoms with Gasteiger partial charge in [-0.2, -0.15) is 0 Å². The second kappa shape index (κ2) is 8.85. The van der Waals surface area contributed by atoms with Crippen LogP contribution in [0.1, 0.15) is 31.7 Å². The van der Waals surface area contributed by atoms with Crippen LogP contribution in [0.3, 0.4) is 0 Å². The number of carbonyl (C=O) groups is 2. The second-order valence-electron chi connectivity index (χ2n) is 5.73. The van der Waals surface area contributed by atoms with Crippen LogP contribution in [0.25, 0.3) is 0 Å². The maximum Gasteiger partial charge on any atom is 0.318 e. The minimum absolute atomic E-state index is 0.0809. The SMILES string of the molecule is CCCCC(CP(=O)(O)Cc1ccccc1)C(C(=O)O)C(=O)O. The Balaban J connectivity index is 2.92. The number of unbranched alkanes of at least 4 members (excludes halogenated alkanes) is 1. The van der Waals surface area contributed by atoms with Crippen molar-refractivity contribution in [3.8, 4) is 0 Å². The average molecular weight is 342 g/mol. The lowest BCUT2D eigenvalue weighted by molar-refractivity contribution is -0.157. The van der Waals surface area contributed by atoms with E-state index in [1.54, 1.807) is 30.3 Å². The number of benzene rings is 1. The summed E-state index contributed by atoms with van der Waals surface area (Å²) in [5.74, 6) is -5.43. The third-order valence-electron chi connectivity index (χ3n) is 3.72. The van der Waals surface area contributed by atoms with Gasteiger partial charge in [0.2, 0.25) is 7.37 Å². The monoisotopic (exact) mass is 342 g/mol. The number of hydrogen-bond donors (Lipinski definition) is 3. The molecule has 1 aromatic carbocycles. The summed E-state index contributed by atoms with van der Waals surface area (Å²) in [5.41, 5.74) is 0.676. The molecule has 7 heteroatoms. The van der Waals surface area contributed by atoms with Gasteiger partial charge in [-0.3, -0.25) is 14.2 Å². The van der Waals surface area contributed by atoms with Gasteiger partial charge in [-0.15, -0.1) is 0 Å². The van der Waals surface area contributed by atoms with Crippen LogP contribution in [-0.2, 0) is 20.3 Å². The van der Waals surface area contributed by atoms with Gasteiger partial charge >= 0.3 is 11.9 Å². The van der Waals surface area contributed by atoms with Gasteiger partial charge in [0.1, 0.15) is 0 Å². The predicted octanol–water partition coefficient (Wildman–Crippen LogP) is 3.05. The fraction of sp³-hybridized carbons (Fsp3) is 0.500. The molecule has 0 saturated carbocycles. The maximum absolute atomic E-state index is 12.5. The molecule has 1 aromatic rings. The Morgan fingerprint density at radius 1 is 1.13 bits per heavy atom. The van der Waals surface area contributed by atoms with E-state index in [0.29, 0.717) is 18.4 Å². The van der Waals surface area contributed by atoms with E-state index in [9.17, 15) is 19.0 Å². The Bertz CT molecular complexity index is 557. The first-order chi connectivity index (χ1) is 10.8. The second-order valence-corrected chi connectivity index (χ2v) is 8.10. The third-order valence-corrected chi connectivity index (χ3v) is 5.62. The van der Waals surface area contributed by atoms with E-state index in [0.717, 1.165) is 6.42 Å². The first kappa shape index (κ1) is 19.4. The molecule has 0 heterocycles. The minimum Gasteiger partial charge on any atom is -0.481 e. The fourth-order valence-electron chi connectivity index (χ4n) is 2.64. The first-order valence-corrected chi connectivity index (χ1v) is 9.60. The standard InChI is InChI=1S/C16H23O6P/c1-2-3-9-13(14(15(17)18)16(19)20)11-23(21,22)10-12-7-5-4-6-8-12/h4-8,13-14H,2-3,9-11H2,1H3,(H,17,18)(H,19,20)(H,21,22). The van der Waals surface area contributed by atoms with E-state index in [1.165, 1.54) is 0 Å². The molecule has 0 spiro atoms. The molecule has 23 heavy (non-hydrogen) atoms. The molecule has 128 valence electrons. The summed E-state index contributed by atoms with van der Waals surface area (Å²) in [6.45, 7) is 1.90. The summed E-state index contributed by atoms with van der Waals surface area (Å²) >= 11 is 0. The Hall–Kier alpha value is -1.65. The molecule has 6 nitrogen and oxygen atoms in total. The number of hydrogen-bond acceptors (Lipinski definition) is 3. The summed E-state index contributed by atoms with van der Waals surface area (Å²) in [7, 11) is -3.67. The van der Waals surface area contributed by atoms with Gasteiger partial charge in [-0.25, -0.2) is 0 Å². The van der Waals surface area contributed by atoms with E-state index < -0.39 is 31.1 Å². The molecule has 1 rings (SSSR count). The van der Waals surface area contributed by atoms with E-state index in [2.05, 4.69) is 0 Å². The zero-order valence-electron chi connectivity index (χ0n) is 13.1. The molecule has 0 aliphatic heterocycles. The molecule has 0 amide bonds. The summed E-state index contributed by atoms with van der Waals surface area (Å²) in [6.07, 6.45) is 1.30. The normalized spacial score (nSPS) is 15.1. The number of carboxylic acids is 2. The Morgan fingerprint density at radius 3 is 2.17 bits per heavy atom. The molecule has 3 N–H and O–H groups in total. The molecule has 0 aliphatic rings. The van der Waals surface area contributed by atoms with Crippen LogP contribution in [0.4, 0.5) is 0 Å². The van der Waals surface area contributed by atoms with Gasteiger partial charge in [0.25, 0.3) is 0 Å². The zero-order chi connectivity index (χ0) is 17.5. The molecule has 0 bridgehead atoms. The van der Waals surface area contributed by atoms with Crippen molar-refractivity contribution in [1.29, 1.82) is 0 Å². The van der Waals surface area contributed by atoms with E-state index in [-0.39, 0.29) is 12.3 Å². The topological polar surface area (TPSA) is 112 Å². The lowest BCUT2D eigenvalue weighted by Crippen LogP contribution is -2.33. The van der Waals surface area contributed by atoms with Crippen molar-refractivity contribution in [2.75, 3.05) is 6.16 Å². The van der Waals surface area contributed by atoms with Crippen LogP contribution >= 0.6 is 7.37 Å². The van der Waals surface area contributed by atoms with E-state index >= 15 is 0 Å². The van der Waals surface area contributed by atoms with Gasteiger partial charge in [0, 0.05) is 12.3 Å². The summed E-state index contributed by atoms with van der Waals surface area (Å²) in [5, 5.41) is 18.3. The van der Waals surface area contributed by atoms with Crippen LogP contribution in [0.5, 0.6) is 0 Å². The van der Waals surface area contributed by atoms with E-state index in [1.807, 2.05) is 6.92 Å². The zero-order valence-corrected chi connectivity index (χ0v) is 14.0. The molecular formula is C16H23O6P. The van der Waals surface area contributed by atoms with Gasteiger partial charge in [0.15, 0.2) is 5.92 Å². The van der Waals surface area contributed by atoms with Crippen molar-refractivity contribution >= 4 is 19.3 Å². The Morgan fingerprint density at radius 2 is 1.70 bits per heavy atom. The highest BCUT2D eigenvalue weighted by molar-refractivity contribution is 7.57. The largest absolute Gasteiger partial charge is 0.481 e. The van der Waals surface area contributed by atoms with Crippen molar-refractivity contribution in [2.45, 2.75) is 32.3 Å². The number of aliphatic carboxylic acids is 2. The van der Waals surface area contributed by atoms with Crippen molar-refractivity contribution in [1.82, 2.24) is 0 Å². The quantitative estimate of drug-likeness (QED) is 0.445. The summed E-state index contributed by atoms with van der Waals surface area (Å²) in [6, 6.07) is 8.73. The molecule has 0 aliphatic carbocycles. The highest BCUT2D eigenvalue weighted by Crippen LogP contribution is 2.48. The maximum atomic E-state index is 12.5. The van der Waals surface area contributed by atoms with Crippen LogP contribution in [-0.4, -0.2) is 33.2 Å².